The van der Waals surface area contributed by atoms with E-state index >= 15 is 0 Å². The quantitative estimate of drug-likeness (QED) is 0.678. The van der Waals surface area contributed by atoms with Crippen LogP contribution in [0.5, 0.6) is 0 Å². The van der Waals surface area contributed by atoms with E-state index in [2.05, 4.69) is 4.98 Å². The van der Waals surface area contributed by atoms with Gasteiger partial charge in [-0.15, -0.1) is 0 Å². The van der Waals surface area contributed by atoms with E-state index in [1.807, 2.05) is 0 Å². The number of hydrogen-bond donors (Lipinski definition) is 1. The van der Waals surface area contributed by atoms with Crippen LogP contribution in [0, 0.1) is 0 Å². The zero-order chi connectivity index (χ0) is 8.55. The first-order valence-corrected chi connectivity index (χ1v) is 3.40. The maximum absolute atomic E-state index is 10.7. The van der Waals surface area contributed by atoms with Gasteiger partial charge in [0.25, 0.3) is 0 Å². The Morgan fingerprint density at radius 2 is 2.42 bits per heavy atom. The molecule has 0 saturated heterocycles. The van der Waals surface area contributed by atoms with Crippen molar-refractivity contribution in [3.8, 4) is 0 Å². The van der Waals surface area contributed by atoms with Crippen LogP contribution in [0.4, 0.5) is 0 Å². The summed E-state index contributed by atoms with van der Waals surface area (Å²) < 4.78 is 5.04. The predicted molar refractivity (Wildman–Crippen MR) is 42.5 cm³/mol. The second-order valence-corrected chi connectivity index (χ2v) is 2.39. The summed E-state index contributed by atoms with van der Waals surface area (Å²) in [5.74, 6) is -0.499. The summed E-state index contributed by atoms with van der Waals surface area (Å²) in [5.41, 5.74) is 6.71. The van der Waals surface area contributed by atoms with Gasteiger partial charge in [0, 0.05) is 12.3 Å². The van der Waals surface area contributed by atoms with Crippen LogP contribution in [0.25, 0.3) is 11.1 Å². The molecule has 0 aliphatic carbocycles. The third kappa shape index (κ3) is 0.934. The maximum atomic E-state index is 10.7. The lowest BCUT2D eigenvalue weighted by molar-refractivity contribution is 0.1000. The molecular weight excluding hydrogens is 156 g/mol. The second kappa shape index (κ2) is 2.34. The first-order chi connectivity index (χ1) is 5.77. The fourth-order valence-electron chi connectivity index (χ4n) is 0.981. The zero-order valence-corrected chi connectivity index (χ0v) is 6.15. The fourth-order valence-corrected chi connectivity index (χ4v) is 0.981. The number of pyridine rings is 1. The molecule has 0 aliphatic rings. The van der Waals surface area contributed by atoms with Gasteiger partial charge in [0.05, 0.1) is 11.8 Å². The normalized spacial score (nSPS) is 10.3. The third-order valence-electron chi connectivity index (χ3n) is 1.59. The van der Waals surface area contributed by atoms with Crippen LogP contribution in [0.3, 0.4) is 0 Å². The van der Waals surface area contributed by atoms with Gasteiger partial charge in [-0.1, -0.05) is 0 Å². The zero-order valence-electron chi connectivity index (χ0n) is 6.15. The van der Waals surface area contributed by atoms with Gasteiger partial charge in [0.1, 0.15) is 5.52 Å². The van der Waals surface area contributed by atoms with Crippen LogP contribution in [0.1, 0.15) is 10.4 Å². The summed E-state index contributed by atoms with van der Waals surface area (Å²) in [6.07, 6.45) is 2.95. The molecule has 12 heavy (non-hydrogen) atoms. The van der Waals surface area contributed by atoms with E-state index in [0.717, 1.165) is 5.52 Å². The van der Waals surface area contributed by atoms with Crippen LogP contribution >= 0.6 is 0 Å². The van der Waals surface area contributed by atoms with Gasteiger partial charge < -0.3 is 10.2 Å². The van der Waals surface area contributed by atoms with E-state index in [4.69, 9.17) is 10.2 Å². The minimum absolute atomic E-state index is 0.359. The van der Waals surface area contributed by atoms with Gasteiger partial charge >= 0.3 is 0 Å². The number of nitrogens with two attached hydrogens (primary N) is 1. The average molecular weight is 162 g/mol. The molecule has 2 heterocycles. The molecule has 2 aromatic heterocycles. The topological polar surface area (TPSA) is 69.1 Å². The molecule has 4 heteroatoms. The highest BCUT2D eigenvalue weighted by molar-refractivity contribution is 5.95. The number of hydrogen-bond acceptors (Lipinski definition) is 3. The van der Waals surface area contributed by atoms with Crippen molar-refractivity contribution in [2.45, 2.75) is 0 Å². The lowest BCUT2D eigenvalue weighted by atomic mass is 10.2. The number of fused-ring (bicyclic) bond motifs is 1. The van der Waals surface area contributed by atoms with Crippen molar-refractivity contribution in [2.75, 3.05) is 0 Å². The minimum Gasteiger partial charge on any atom is -0.463 e. The van der Waals surface area contributed by atoms with Gasteiger partial charge in [-0.2, -0.15) is 0 Å². The number of rotatable bonds is 1. The Morgan fingerprint density at radius 1 is 1.58 bits per heavy atom. The van der Waals surface area contributed by atoms with Crippen molar-refractivity contribution in [1.29, 1.82) is 0 Å². The minimum atomic E-state index is -0.499. The standard InChI is InChI=1S/C8H6N2O2/c9-8(11)5-3-7-6(10-4-5)1-2-12-7/h1-4H,(H2,9,11). The van der Waals surface area contributed by atoms with Crippen molar-refractivity contribution < 1.29 is 9.21 Å². The molecule has 2 N–H and O–H groups in total. The highest BCUT2D eigenvalue weighted by atomic mass is 16.3. The molecular formula is C8H6N2O2. The van der Waals surface area contributed by atoms with Crippen molar-refractivity contribution in [3.05, 3.63) is 30.2 Å². The van der Waals surface area contributed by atoms with E-state index in [0.29, 0.717) is 11.1 Å². The highest BCUT2D eigenvalue weighted by Gasteiger charge is 2.03. The third-order valence-corrected chi connectivity index (χ3v) is 1.59. The first kappa shape index (κ1) is 6.84. The van der Waals surface area contributed by atoms with Gasteiger partial charge in [0.15, 0.2) is 5.58 Å². The Labute approximate surface area is 68.0 Å². The van der Waals surface area contributed by atoms with E-state index in [-0.39, 0.29) is 0 Å². The smallest absolute Gasteiger partial charge is 0.250 e. The van der Waals surface area contributed by atoms with E-state index < -0.39 is 5.91 Å². The molecule has 0 aliphatic heterocycles. The number of amides is 1. The van der Waals surface area contributed by atoms with Crippen LogP contribution in [-0.2, 0) is 0 Å². The highest BCUT2D eigenvalue weighted by Crippen LogP contribution is 2.13. The van der Waals surface area contributed by atoms with E-state index in [1.165, 1.54) is 12.5 Å². The molecule has 0 radical (unpaired) electrons. The van der Waals surface area contributed by atoms with Gasteiger partial charge in [-0.3, -0.25) is 9.78 Å². The Bertz CT molecular complexity index is 433. The Balaban J connectivity index is 2.68. The molecule has 0 aromatic carbocycles. The number of furan rings is 1. The summed E-state index contributed by atoms with van der Waals surface area (Å²) in [4.78, 5) is 14.7. The molecule has 0 unspecified atom stereocenters. The molecule has 0 fully saturated rings. The van der Waals surface area contributed by atoms with Crippen molar-refractivity contribution in [2.24, 2.45) is 5.73 Å². The Kier molecular flexibility index (Phi) is 1.33. The molecule has 4 nitrogen and oxygen atoms in total. The van der Waals surface area contributed by atoms with Gasteiger partial charge in [-0.25, -0.2) is 0 Å². The molecule has 0 saturated carbocycles. The largest absolute Gasteiger partial charge is 0.463 e. The second-order valence-electron chi connectivity index (χ2n) is 2.39. The predicted octanol–water partition coefficient (Wildman–Crippen LogP) is 0.927. The number of nitrogens with zero attached hydrogens (tertiary/aromatic N) is 1. The molecule has 2 aromatic rings. The number of carbonyl (C=O) groups is 1. The fraction of sp³-hybridized carbons (Fsp3) is 0. The van der Waals surface area contributed by atoms with E-state index in [9.17, 15) is 4.79 Å². The van der Waals surface area contributed by atoms with E-state index in [1.54, 1.807) is 12.1 Å². The van der Waals surface area contributed by atoms with Gasteiger partial charge in [-0.05, 0) is 6.07 Å². The molecule has 0 atom stereocenters. The van der Waals surface area contributed by atoms with Crippen LogP contribution in [-0.4, -0.2) is 10.9 Å². The monoisotopic (exact) mass is 162 g/mol. The molecule has 0 bridgehead atoms. The van der Waals surface area contributed by atoms with Crippen molar-refractivity contribution in [1.82, 2.24) is 4.98 Å². The Morgan fingerprint density at radius 3 is 3.17 bits per heavy atom. The number of primary amides is 1. The lowest BCUT2D eigenvalue weighted by Gasteiger charge is -1.92. The number of aromatic nitrogens is 1. The van der Waals surface area contributed by atoms with Crippen molar-refractivity contribution in [3.63, 3.8) is 0 Å². The maximum Gasteiger partial charge on any atom is 0.250 e. The van der Waals surface area contributed by atoms with Gasteiger partial charge in [0.2, 0.25) is 5.91 Å². The molecule has 2 rings (SSSR count). The summed E-state index contributed by atoms with van der Waals surface area (Å²) >= 11 is 0. The first-order valence-electron chi connectivity index (χ1n) is 3.40. The van der Waals surface area contributed by atoms with Crippen LogP contribution in [0.15, 0.2) is 29.0 Å². The van der Waals surface area contributed by atoms with Crippen molar-refractivity contribution >= 4 is 17.0 Å². The summed E-state index contributed by atoms with van der Waals surface area (Å²) in [5, 5.41) is 0. The average Bonchev–Trinajstić information content (AvgIpc) is 2.49. The summed E-state index contributed by atoms with van der Waals surface area (Å²) in [7, 11) is 0. The van der Waals surface area contributed by atoms with Crippen LogP contribution in [0.2, 0.25) is 0 Å². The van der Waals surface area contributed by atoms with Crippen LogP contribution < -0.4 is 5.73 Å². The molecule has 0 spiro atoms. The lowest BCUT2D eigenvalue weighted by Crippen LogP contribution is -2.10. The summed E-state index contributed by atoms with van der Waals surface area (Å²) in [6.45, 7) is 0. The summed E-state index contributed by atoms with van der Waals surface area (Å²) in [6, 6.07) is 3.30. The molecule has 1 amide bonds. The molecule has 60 valence electrons. The number of carbonyl (C=O) groups excluding carboxylic acids is 1. The SMILES string of the molecule is NC(=O)c1cnc2ccoc2c1. The Hall–Kier alpha value is -1.84.